The molecular formula is C27H22N4O3. The average molecular weight is 450 g/mol. The number of carbonyl (C=O) groups excluding carboxylic acids is 1. The number of ether oxygens (including phenoxy) is 2. The molecule has 1 amide bonds. The van der Waals surface area contributed by atoms with Crippen molar-refractivity contribution in [3.8, 4) is 28.4 Å². The molecule has 0 bridgehead atoms. The SMILES string of the molecule is COc1ccc(-c2cc(C(=O)Nc3cccc(-n4ccnc4)c3)c3ccccc3n2)cc1OC. The summed E-state index contributed by atoms with van der Waals surface area (Å²) in [7, 11) is 3.18. The summed E-state index contributed by atoms with van der Waals surface area (Å²) in [6.07, 6.45) is 5.28. The van der Waals surface area contributed by atoms with Crippen LogP contribution in [-0.2, 0) is 0 Å². The maximum absolute atomic E-state index is 13.4. The van der Waals surface area contributed by atoms with E-state index < -0.39 is 0 Å². The van der Waals surface area contributed by atoms with Crippen molar-refractivity contribution in [3.63, 3.8) is 0 Å². The topological polar surface area (TPSA) is 78.3 Å². The molecule has 168 valence electrons. The number of benzene rings is 3. The van der Waals surface area contributed by atoms with E-state index in [1.165, 1.54) is 0 Å². The van der Waals surface area contributed by atoms with Crippen LogP contribution in [0, 0.1) is 0 Å². The maximum Gasteiger partial charge on any atom is 0.256 e. The summed E-state index contributed by atoms with van der Waals surface area (Å²) in [5.74, 6) is 1.00. The van der Waals surface area contributed by atoms with Crippen LogP contribution in [0.25, 0.3) is 27.8 Å². The van der Waals surface area contributed by atoms with E-state index in [4.69, 9.17) is 14.5 Å². The van der Waals surface area contributed by atoms with Gasteiger partial charge in [0.05, 0.1) is 37.3 Å². The van der Waals surface area contributed by atoms with Gasteiger partial charge in [-0.15, -0.1) is 0 Å². The molecule has 0 aliphatic heterocycles. The number of nitrogens with zero attached hydrogens (tertiary/aromatic N) is 3. The Morgan fingerprint density at radius 2 is 1.76 bits per heavy atom. The average Bonchev–Trinajstić information content (AvgIpc) is 3.43. The number of para-hydroxylation sites is 1. The fraction of sp³-hybridized carbons (Fsp3) is 0.0741. The number of anilines is 1. The molecule has 0 saturated heterocycles. The molecule has 5 aromatic rings. The van der Waals surface area contributed by atoms with Gasteiger partial charge in [-0.25, -0.2) is 9.97 Å². The van der Waals surface area contributed by atoms with Crippen LogP contribution in [-0.4, -0.2) is 34.7 Å². The lowest BCUT2D eigenvalue weighted by atomic mass is 10.0. The Hall–Kier alpha value is -4.65. The first kappa shape index (κ1) is 21.2. The van der Waals surface area contributed by atoms with Gasteiger partial charge in [0.25, 0.3) is 5.91 Å². The third-order valence-corrected chi connectivity index (χ3v) is 5.55. The zero-order valence-corrected chi connectivity index (χ0v) is 18.7. The van der Waals surface area contributed by atoms with Gasteiger partial charge in [-0.3, -0.25) is 4.79 Å². The Morgan fingerprint density at radius 3 is 2.56 bits per heavy atom. The summed E-state index contributed by atoms with van der Waals surface area (Å²) in [5, 5.41) is 3.80. The molecule has 7 nitrogen and oxygen atoms in total. The number of hydrogen-bond acceptors (Lipinski definition) is 5. The Kier molecular flexibility index (Phi) is 5.66. The van der Waals surface area contributed by atoms with Crippen molar-refractivity contribution in [2.75, 3.05) is 19.5 Å². The van der Waals surface area contributed by atoms with Crippen molar-refractivity contribution in [2.24, 2.45) is 0 Å². The molecule has 0 radical (unpaired) electrons. The van der Waals surface area contributed by atoms with E-state index >= 15 is 0 Å². The first-order valence-electron chi connectivity index (χ1n) is 10.7. The van der Waals surface area contributed by atoms with Crippen molar-refractivity contribution in [1.29, 1.82) is 0 Å². The number of imidazole rings is 1. The number of fused-ring (bicyclic) bond motifs is 1. The minimum atomic E-state index is -0.219. The molecule has 3 aromatic carbocycles. The van der Waals surface area contributed by atoms with Gasteiger partial charge in [0.1, 0.15) is 0 Å². The molecule has 2 aromatic heterocycles. The molecule has 0 fully saturated rings. The maximum atomic E-state index is 13.4. The highest BCUT2D eigenvalue weighted by Crippen LogP contribution is 2.33. The largest absolute Gasteiger partial charge is 0.493 e. The summed E-state index contributed by atoms with van der Waals surface area (Å²) in [4.78, 5) is 22.3. The van der Waals surface area contributed by atoms with E-state index in [0.717, 1.165) is 22.2 Å². The van der Waals surface area contributed by atoms with Crippen LogP contribution >= 0.6 is 0 Å². The number of carbonyl (C=O) groups is 1. The van der Waals surface area contributed by atoms with E-state index in [0.29, 0.717) is 28.4 Å². The van der Waals surface area contributed by atoms with Crippen molar-refractivity contribution < 1.29 is 14.3 Å². The van der Waals surface area contributed by atoms with Crippen molar-refractivity contribution in [3.05, 3.63) is 97.1 Å². The highest BCUT2D eigenvalue weighted by atomic mass is 16.5. The van der Waals surface area contributed by atoms with Gasteiger partial charge in [-0.05, 0) is 48.5 Å². The first-order chi connectivity index (χ1) is 16.7. The summed E-state index contributed by atoms with van der Waals surface area (Å²) in [5.41, 5.74) is 4.33. The molecule has 34 heavy (non-hydrogen) atoms. The van der Waals surface area contributed by atoms with E-state index in [1.807, 2.05) is 77.5 Å². The molecule has 0 aliphatic rings. The van der Waals surface area contributed by atoms with Gasteiger partial charge in [-0.2, -0.15) is 0 Å². The van der Waals surface area contributed by atoms with Crippen LogP contribution in [0.2, 0.25) is 0 Å². The van der Waals surface area contributed by atoms with Crippen molar-refractivity contribution in [2.45, 2.75) is 0 Å². The summed E-state index contributed by atoms with van der Waals surface area (Å²) in [6.45, 7) is 0. The number of hydrogen-bond donors (Lipinski definition) is 1. The van der Waals surface area contributed by atoms with Crippen LogP contribution in [0.5, 0.6) is 11.5 Å². The van der Waals surface area contributed by atoms with E-state index in [1.54, 1.807) is 32.8 Å². The van der Waals surface area contributed by atoms with E-state index in [9.17, 15) is 4.79 Å². The number of amides is 1. The Morgan fingerprint density at radius 1 is 0.912 bits per heavy atom. The lowest BCUT2D eigenvalue weighted by molar-refractivity contribution is 0.102. The molecule has 2 heterocycles. The number of aromatic nitrogens is 3. The fourth-order valence-electron chi connectivity index (χ4n) is 3.86. The van der Waals surface area contributed by atoms with Gasteiger partial charge in [0.15, 0.2) is 11.5 Å². The fourth-order valence-corrected chi connectivity index (χ4v) is 3.86. The zero-order chi connectivity index (χ0) is 23.5. The predicted octanol–water partition coefficient (Wildman–Crippen LogP) is 5.36. The Bertz CT molecular complexity index is 1480. The van der Waals surface area contributed by atoms with Crippen LogP contribution in [0.4, 0.5) is 5.69 Å². The third-order valence-electron chi connectivity index (χ3n) is 5.55. The molecule has 0 saturated carbocycles. The second-order valence-corrected chi connectivity index (χ2v) is 7.62. The third kappa shape index (κ3) is 4.06. The van der Waals surface area contributed by atoms with Gasteiger partial charge in [-0.1, -0.05) is 24.3 Å². The highest BCUT2D eigenvalue weighted by molar-refractivity contribution is 6.13. The van der Waals surface area contributed by atoms with Gasteiger partial charge in [0, 0.05) is 34.7 Å². The van der Waals surface area contributed by atoms with E-state index in [2.05, 4.69) is 10.3 Å². The second kappa shape index (κ2) is 9.07. The smallest absolute Gasteiger partial charge is 0.256 e. The predicted molar refractivity (Wildman–Crippen MR) is 132 cm³/mol. The summed E-state index contributed by atoms with van der Waals surface area (Å²) in [6, 6.07) is 22.6. The van der Waals surface area contributed by atoms with E-state index in [-0.39, 0.29) is 5.91 Å². The quantitative estimate of drug-likeness (QED) is 0.377. The number of methoxy groups -OCH3 is 2. The van der Waals surface area contributed by atoms with Crippen LogP contribution in [0.3, 0.4) is 0 Å². The molecule has 0 unspecified atom stereocenters. The Labute approximate surface area is 196 Å². The molecule has 0 spiro atoms. The van der Waals surface area contributed by atoms with Gasteiger partial charge in [0.2, 0.25) is 0 Å². The minimum absolute atomic E-state index is 0.219. The molecule has 0 aliphatic carbocycles. The Balaban J connectivity index is 1.54. The normalized spacial score (nSPS) is 10.8. The zero-order valence-electron chi connectivity index (χ0n) is 18.7. The molecule has 1 N–H and O–H groups in total. The standard InChI is InChI=1S/C27H22N4O3/c1-33-25-11-10-18(14-26(25)34-2)24-16-22(21-8-3-4-9-23(21)30-24)27(32)29-19-6-5-7-20(15-19)31-13-12-28-17-31/h3-17H,1-2H3,(H,29,32). The van der Waals surface area contributed by atoms with Gasteiger partial charge >= 0.3 is 0 Å². The van der Waals surface area contributed by atoms with Gasteiger partial charge < -0.3 is 19.4 Å². The summed E-state index contributed by atoms with van der Waals surface area (Å²) < 4.78 is 12.7. The number of pyridine rings is 1. The molecular weight excluding hydrogens is 428 g/mol. The number of nitrogens with one attached hydrogen (secondary N) is 1. The monoisotopic (exact) mass is 450 g/mol. The van der Waals surface area contributed by atoms with Crippen molar-refractivity contribution >= 4 is 22.5 Å². The molecule has 7 heteroatoms. The lowest BCUT2D eigenvalue weighted by Crippen LogP contribution is -2.13. The second-order valence-electron chi connectivity index (χ2n) is 7.62. The van der Waals surface area contributed by atoms with Crippen LogP contribution in [0.1, 0.15) is 10.4 Å². The molecule has 5 rings (SSSR count). The van der Waals surface area contributed by atoms with Crippen LogP contribution in [0.15, 0.2) is 91.5 Å². The van der Waals surface area contributed by atoms with Crippen LogP contribution < -0.4 is 14.8 Å². The summed E-state index contributed by atoms with van der Waals surface area (Å²) >= 11 is 0. The molecule has 0 atom stereocenters. The van der Waals surface area contributed by atoms with Crippen molar-refractivity contribution in [1.82, 2.24) is 14.5 Å². The number of rotatable bonds is 6. The highest BCUT2D eigenvalue weighted by Gasteiger charge is 2.16. The first-order valence-corrected chi connectivity index (χ1v) is 10.7. The minimum Gasteiger partial charge on any atom is -0.493 e. The lowest BCUT2D eigenvalue weighted by Gasteiger charge is -2.13.